The average Bonchev–Trinajstić information content (AvgIpc) is 2.55. The standard InChI is InChI=1S/C20H22N2O2/c1-14(2)11-15-7-9-16(10-8-15)12-20(24)22-13-19(23)21-17-5-3-4-6-18(17)22/h3-10,14H,11-13H2,1-2H3,(H,21,23). The lowest BCUT2D eigenvalue weighted by molar-refractivity contribution is -0.121. The molecule has 24 heavy (non-hydrogen) atoms. The van der Waals surface area contributed by atoms with Gasteiger partial charge in [-0.2, -0.15) is 0 Å². The van der Waals surface area contributed by atoms with Gasteiger partial charge in [-0.05, 0) is 35.6 Å². The SMILES string of the molecule is CC(C)Cc1ccc(CC(=O)N2CC(=O)Nc3ccccc32)cc1. The van der Waals surface area contributed by atoms with Crippen LogP contribution in [0.3, 0.4) is 0 Å². The van der Waals surface area contributed by atoms with Crippen molar-refractivity contribution in [3.8, 4) is 0 Å². The first kappa shape index (κ1) is 16.2. The number of fused-ring (bicyclic) bond motifs is 1. The topological polar surface area (TPSA) is 49.4 Å². The summed E-state index contributed by atoms with van der Waals surface area (Å²) in [7, 11) is 0. The third kappa shape index (κ3) is 3.65. The van der Waals surface area contributed by atoms with Crippen molar-refractivity contribution in [2.24, 2.45) is 5.92 Å². The smallest absolute Gasteiger partial charge is 0.244 e. The van der Waals surface area contributed by atoms with Crippen molar-refractivity contribution >= 4 is 23.2 Å². The van der Waals surface area contributed by atoms with E-state index in [-0.39, 0.29) is 18.4 Å². The molecule has 0 fully saturated rings. The van der Waals surface area contributed by atoms with Crippen LogP contribution in [0, 0.1) is 5.92 Å². The van der Waals surface area contributed by atoms with E-state index < -0.39 is 0 Å². The van der Waals surface area contributed by atoms with Crippen LogP contribution < -0.4 is 10.2 Å². The molecule has 1 aliphatic rings. The lowest BCUT2D eigenvalue weighted by Gasteiger charge is -2.29. The van der Waals surface area contributed by atoms with E-state index in [9.17, 15) is 9.59 Å². The Balaban J connectivity index is 1.74. The first-order valence-electron chi connectivity index (χ1n) is 8.30. The minimum Gasteiger partial charge on any atom is -0.323 e. The number of carbonyl (C=O) groups excluding carboxylic acids is 2. The second kappa shape index (κ2) is 6.87. The quantitative estimate of drug-likeness (QED) is 0.938. The summed E-state index contributed by atoms with van der Waals surface area (Å²) in [5.41, 5.74) is 3.70. The lowest BCUT2D eigenvalue weighted by atomic mass is 10.0. The summed E-state index contributed by atoms with van der Waals surface area (Å²) in [6.07, 6.45) is 1.33. The van der Waals surface area contributed by atoms with Gasteiger partial charge in [0.1, 0.15) is 6.54 Å². The fraction of sp³-hybridized carbons (Fsp3) is 0.300. The van der Waals surface area contributed by atoms with E-state index in [2.05, 4.69) is 31.3 Å². The number of amides is 2. The molecule has 0 spiro atoms. The molecule has 1 aliphatic heterocycles. The summed E-state index contributed by atoms with van der Waals surface area (Å²) in [5, 5.41) is 2.80. The zero-order valence-corrected chi connectivity index (χ0v) is 14.1. The van der Waals surface area contributed by atoms with E-state index in [1.54, 1.807) is 4.90 Å². The number of hydrogen-bond donors (Lipinski definition) is 1. The van der Waals surface area contributed by atoms with Gasteiger partial charge >= 0.3 is 0 Å². The molecule has 2 aromatic rings. The van der Waals surface area contributed by atoms with E-state index in [1.165, 1.54) is 5.56 Å². The van der Waals surface area contributed by atoms with Crippen LogP contribution in [-0.2, 0) is 22.4 Å². The minimum absolute atomic E-state index is 0.0612. The molecular weight excluding hydrogens is 300 g/mol. The zero-order chi connectivity index (χ0) is 17.1. The van der Waals surface area contributed by atoms with Crippen LogP contribution in [0.5, 0.6) is 0 Å². The number of carbonyl (C=O) groups is 2. The predicted molar refractivity (Wildman–Crippen MR) is 96.1 cm³/mol. The highest BCUT2D eigenvalue weighted by Crippen LogP contribution is 2.29. The molecule has 0 atom stereocenters. The van der Waals surface area contributed by atoms with E-state index in [0.29, 0.717) is 18.0 Å². The molecule has 0 aromatic heterocycles. The Hall–Kier alpha value is -2.62. The van der Waals surface area contributed by atoms with Gasteiger partial charge in [-0.15, -0.1) is 0 Å². The maximum atomic E-state index is 12.7. The van der Waals surface area contributed by atoms with Gasteiger partial charge in [0, 0.05) is 0 Å². The summed E-state index contributed by atoms with van der Waals surface area (Å²) >= 11 is 0. The molecule has 0 unspecified atom stereocenters. The van der Waals surface area contributed by atoms with Gasteiger partial charge in [0.05, 0.1) is 17.8 Å². The maximum absolute atomic E-state index is 12.7. The average molecular weight is 322 g/mol. The number of nitrogens with zero attached hydrogens (tertiary/aromatic N) is 1. The third-order valence-electron chi connectivity index (χ3n) is 4.09. The Bertz CT molecular complexity index is 750. The van der Waals surface area contributed by atoms with Crippen LogP contribution >= 0.6 is 0 Å². The van der Waals surface area contributed by atoms with E-state index in [1.807, 2.05) is 36.4 Å². The van der Waals surface area contributed by atoms with Gasteiger partial charge in [0.25, 0.3) is 0 Å². The van der Waals surface area contributed by atoms with Crippen LogP contribution in [0.15, 0.2) is 48.5 Å². The first-order chi connectivity index (χ1) is 11.5. The first-order valence-corrected chi connectivity index (χ1v) is 8.30. The fourth-order valence-electron chi connectivity index (χ4n) is 2.99. The van der Waals surface area contributed by atoms with Crippen molar-refractivity contribution in [2.75, 3.05) is 16.8 Å². The summed E-state index contributed by atoms with van der Waals surface area (Å²) in [4.78, 5) is 26.1. The van der Waals surface area contributed by atoms with Gasteiger partial charge in [-0.1, -0.05) is 50.2 Å². The molecule has 4 nitrogen and oxygen atoms in total. The van der Waals surface area contributed by atoms with Crippen molar-refractivity contribution in [1.29, 1.82) is 0 Å². The van der Waals surface area contributed by atoms with Gasteiger partial charge in [-0.25, -0.2) is 0 Å². The molecule has 0 bridgehead atoms. The molecular formula is C20H22N2O2. The molecule has 1 N–H and O–H groups in total. The second-order valence-electron chi connectivity index (χ2n) is 6.64. The largest absolute Gasteiger partial charge is 0.323 e. The summed E-state index contributed by atoms with van der Waals surface area (Å²) < 4.78 is 0. The Labute approximate surface area is 142 Å². The Morgan fingerprint density at radius 1 is 1.08 bits per heavy atom. The number of benzene rings is 2. The molecule has 0 radical (unpaired) electrons. The summed E-state index contributed by atoms with van der Waals surface area (Å²) in [5.74, 6) is 0.393. The fourth-order valence-corrected chi connectivity index (χ4v) is 2.99. The molecule has 0 saturated carbocycles. The van der Waals surface area contributed by atoms with Crippen LogP contribution in [-0.4, -0.2) is 18.4 Å². The molecule has 0 saturated heterocycles. The van der Waals surface area contributed by atoms with Crippen molar-refractivity contribution in [2.45, 2.75) is 26.7 Å². The summed E-state index contributed by atoms with van der Waals surface area (Å²) in [6, 6.07) is 15.6. The molecule has 2 aromatic carbocycles. The van der Waals surface area contributed by atoms with Gasteiger partial charge in [0.2, 0.25) is 11.8 Å². The minimum atomic E-state index is -0.158. The number of para-hydroxylation sites is 2. The molecule has 0 aliphatic carbocycles. The third-order valence-corrected chi connectivity index (χ3v) is 4.09. The normalized spacial score (nSPS) is 13.6. The number of nitrogens with one attached hydrogen (secondary N) is 1. The lowest BCUT2D eigenvalue weighted by Crippen LogP contribution is -2.42. The second-order valence-corrected chi connectivity index (χ2v) is 6.64. The number of rotatable bonds is 4. The van der Waals surface area contributed by atoms with E-state index in [4.69, 9.17) is 0 Å². The van der Waals surface area contributed by atoms with Gasteiger partial charge < -0.3 is 10.2 Å². The van der Waals surface area contributed by atoms with Gasteiger partial charge in [0.15, 0.2) is 0 Å². The van der Waals surface area contributed by atoms with Crippen LogP contribution in [0.1, 0.15) is 25.0 Å². The highest BCUT2D eigenvalue weighted by atomic mass is 16.2. The molecule has 2 amide bonds. The van der Waals surface area contributed by atoms with Crippen molar-refractivity contribution in [3.05, 3.63) is 59.7 Å². The van der Waals surface area contributed by atoms with Crippen molar-refractivity contribution in [3.63, 3.8) is 0 Å². The molecule has 124 valence electrons. The molecule has 3 rings (SSSR count). The molecule has 1 heterocycles. The van der Waals surface area contributed by atoms with Crippen LogP contribution in [0.2, 0.25) is 0 Å². The van der Waals surface area contributed by atoms with Gasteiger partial charge in [-0.3, -0.25) is 9.59 Å². The number of anilines is 2. The van der Waals surface area contributed by atoms with Crippen molar-refractivity contribution < 1.29 is 9.59 Å². The van der Waals surface area contributed by atoms with Crippen molar-refractivity contribution in [1.82, 2.24) is 0 Å². The Morgan fingerprint density at radius 3 is 2.46 bits per heavy atom. The van der Waals surface area contributed by atoms with E-state index in [0.717, 1.165) is 17.7 Å². The molecule has 4 heteroatoms. The predicted octanol–water partition coefficient (Wildman–Crippen LogP) is 3.41. The van der Waals surface area contributed by atoms with Crippen LogP contribution in [0.25, 0.3) is 0 Å². The van der Waals surface area contributed by atoms with Crippen LogP contribution in [0.4, 0.5) is 11.4 Å². The Morgan fingerprint density at radius 2 is 1.75 bits per heavy atom. The number of hydrogen-bond acceptors (Lipinski definition) is 2. The summed E-state index contributed by atoms with van der Waals surface area (Å²) in [6.45, 7) is 4.45. The highest BCUT2D eigenvalue weighted by molar-refractivity contribution is 6.10. The Kier molecular flexibility index (Phi) is 4.65. The van der Waals surface area contributed by atoms with E-state index >= 15 is 0 Å². The zero-order valence-electron chi connectivity index (χ0n) is 14.1. The maximum Gasteiger partial charge on any atom is 0.244 e. The monoisotopic (exact) mass is 322 g/mol. The highest BCUT2D eigenvalue weighted by Gasteiger charge is 2.26.